The van der Waals surface area contributed by atoms with E-state index in [1.54, 1.807) is 12.4 Å². The number of nitrogens with zero attached hydrogens (tertiary/aromatic N) is 5. The highest BCUT2D eigenvalue weighted by Gasteiger charge is 2.22. The lowest BCUT2D eigenvalue weighted by atomic mass is 10.2. The molecular weight excluding hydrogens is 320 g/mol. The first-order chi connectivity index (χ1) is 12.2. The van der Waals surface area contributed by atoms with Gasteiger partial charge in [0.2, 0.25) is 11.9 Å². The van der Waals surface area contributed by atoms with Gasteiger partial charge in [-0.25, -0.2) is 9.97 Å². The fourth-order valence-electron chi connectivity index (χ4n) is 3.22. The van der Waals surface area contributed by atoms with Gasteiger partial charge in [-0.2, -0.15) is 0 Å². The zero-order valence-electron chi connectivity index (χ0n) is 14.9. The van der Waals surface area contributed by atoms with E-state index in [0.29, 0.717) is 13.0 Å². The molecule has 8 heteroatoms. The van der Waals surface area contributed by atoms with Crippen molar-refractivity contribution >= 4 is 11.9 Å². The van der Waals surface area contributed by atoms with E-state index in [9.17, 15) is 4.79 Å². The third-order valence-electron chi connectivity index (χ3n) is 4.70. The van der Waals surface area contributed by atoms with E-state index < -0.39 is 0 Å². The Morgan fingerprint density at radius 1 is 1.24 bits per heavy atom. The lowest BCUT2D eigenvalue weighted by molar-refractivity contribution is -0.131. The molecule has 0 spiro atoms. The summed E-state index contributed by atoms with van der Waals surface area (Å²) in [6, 6.07) is 1.81. The molecule has 3 heterocycles. The molecule has 0 aliphatic carbocycles. The van der Waals surface area contributed by atoms with Crippen LogP contribution in [0.2, 0.25) is 0 Å². The van der Waals surface area contributed by atoms with E-state index in [2.05, 4.69) is 32.1 Å². The molecule has 138 valence electrons. The Bertz CT molecular complexity index is 535. The monoisotopic (exact) mass is 348 g/mol. The molecule has 0 bridgehead atoms. The molecule has 25 heavy (non-hydrogen) atoms. The van der Waals surface area contributed by atoms with Gasteiger partial charge in [0, 0.05) is 71.2 Å². The molecule has 2 fully saturated rings. The highest BCUT2D eigenvalue weighted by atomic mass is 16.5. The fourth-order valence-corrected chi connectivity index (χ4v) is 3.22. The minimum absolute atomic E-state index is 0.211. The maximum Gasteiger partial charge on any atom is 0.225 e. The number of ether oxygens (including phenoxy) is 1. The summed E-state index contributed by atoms with van der Waals surface area (Å²) in [6.45, 7) is 7.26. The van der Waals surface area contributed by atoms with Crippen LogP contribution in [-0.4, -0.2) is 97.8 Å². The van der Waals surface area contributed by atoms with Crippen LogP contribution in [0, 0.1) is 0 Å². The molecule has 0 aromatic carbocycles. The fraction of sp³-hybridized carbons (Fsp3) is 0.706. The van der Waals surface area contributed by atoms with Crippen LogP contribution in [0.1, 0.15) is 6.42 Å². The van der Waals surface area contributed by atoms with Crippen molar-refractivity contribution in [2.75, 3.05) is 70.9 Å². The molecule has 1 N–H and O–H groups in total. The van der Waals surface area contributed by atoms with Gasteiger partial charge in [-0.15, -0.1) is 0 Å². The Balaban J connectivity index is 1.31. The molecular formula is C17H28N6O2. The number of carbonyl (C=O) groups excluding carboxylic acids is 1. The van der Waals surface area contributed by atoms with Gasteiger partial charge in [0.25, 0.3) is 0 Å². The molecule has 3 rings (SSSR count). The van der Waals surface area contributed by atoms with Gasteiger partial charge in [0.05, 0.1) is 12.7 Å². The molecule has 1 aromatic heterocycles. The molecule has 1 amide bonds. The zero-order valence-corrected chi connectivity index (χ0v) is 14.9. The van der Waals surface area contributed by atoms with Crippen molar-refractivity contribution in [2.45, 2.75) is 12.5 Å². The van der Waals surface area contributed by atoms with Gasteiger partial charge in [-0.05, 0) is 13.1 Å². The summed E-state index contributed by atoms with van der Waals surface area (Å²) in [5.41, 5.74) is 0. The van der Waals surface area contributed by atoms with Crippen LogP contribution in [0.3, 0.4) is 0 Å². The normalized spacial score (nSPS) is 22.2. The minimum Gasteiger partial charge on any atom is -0.374 e. The summed E-state index contributed by atoms with van der Waals surface area (Å²) in [4.78, 5) is 27.2. The topological polar surface area (TPSA) is 73.8 Å². The first-order valence-corrected chi connectivity index (χ1v) is 9.03. The highest BCUT2D eigenvalue weighted by Crippen LogP contribution is 2.10. The summed E-state index contributed by atoms with van der Waals surface area (Å²) in [6.07, 6.45) is 4.26. The number of rotatable bonds is 6. The van der Waals surface area contributed by atoms with E-state index in [-0.39, 0.29) is 12.0 Å². The van der Waals surface area contributed by atoms with Crippen molar-refractivity contribution in [3.8, 4) is 0 Å². The Labute approximate surface area is 149 Å². The van der Waals surface area contributed by atoms with Gasteiger partial charge in [-0.3, -0.25) is 4.79 Å². The van der Waals surface area contributed by atoms with Gasteiger partial charge >= 0.3 is 0 Å². The Kier molecular flexibility index (Phi) is 6.55. The standard InChI is InChI=1S/C17H28N6O2/c1-21-11-12-25-15(14-21)13-18-6-3-16(24)22-7-9-23(10-8-22)17-19-4-2-5-20-17/h2,4-5,15,18H,3,6-14H2,1H3/t15-/m0/s1. The number of piperazine rings is 1. The van der Waals surface area contributed by atoms with Gasteiger partial charge in [-0.1, -0.05) is 0 Å². The van der Waals surface area contributed by atoms with E-state index in [1.807, 2.05) is 11.0 Å². The first-order valence-electron chi connectivity index (χ1n) is 9.03. The molecule has 2 aliphatic rings. The number of carbonyl (C=O) groups is 1. The molecule has 1 atom stereocenters. The SMILES string of the molecule is CN1CCO[C@@H](CNCCC(=O)N2CCN(c3ncccn3)CC2)C1. The molecule has 2 aliphatic heterocycles. The van der Waals surface area contributed by atoms with Crippen molar-refractivity contribution in [2.24, 2.45) is 0 Å². The Morgan fingerprint density at radius 2 is 2.00 bits per heavy atom. The molecule has 8 nitrogen and oxygen atoms in total. The van der Waals surface area contributed by atoms with Crippen LogP contribution in [0.25, 0.3) is 0 Å². The van der Waals surface area contributed by atoms with Crippen LogP contribution in [0.15, 0.2) is 18.5 Å². The molecule has 0 radical (unpaired) electrons. The van der Waals surface area contributed by atoms with Gasteiger partial charge in [0.1, 0.15) is 0 Å². The molecule has 0 saturated carbocycles. The summed E-state index contributed by atoms with van der Waals surface area (Å²) < 4.78 is 5.71. The predicted octanol–water partition coefficient (Wildman–Crippen LogP) is -0.564. The van der Waals surface area contributed by atoms with Crippen molar-refractivity contribution in [1.29, 1.82) is 0 Å². The second-order valence-corrected chi connectivity index (χ2v) is 6.63. The van der Waals surface area contributed by atoms with Gasteiger partial charge in [0.15, 0.2) is 0 Å². The molecule has 2 saturated heterocycles. The number of amides is 1. The lowest BCUT2D eigenvalue weighted by Crippen LogP contribution is -2.50. The van der Waals surface area contributed by atoms with E-state index >= 15 is 0 Å². The highest BCUT2D eigenvalue weighted by molar-refractivity contribution is 5.76. The number of likely N-dealkylation sites (N-methyl/N-ethyl adjacent to an activating group) is 1. The maximum atomic E-state index is 12.3. The smallest absolute Gasteiger partial charge is 0.225 e. The lowest BCUT2D eigenvalue weighted by Gasteiger charge is -2.34. The molecule has 0 unspecified atom stereocenters. The third kappa shape index (κ3) is 5.35. The predicted molar refractivity (Wildman–Crippen MR) is 95.5 cm³/mol. The van der Waals surface area contributed by atoms with E-state index in [0.717, 1.165) is 58.4 Å². The van der Waals surface area contributed by atoms with E-state index in [1.165, 1.54) is 0 Å². The van der Waals surface area contributed by atoms with Crippen LogP contribution in [-0.2, 0) is 9.53 Å². The second-order valence-electron chi connectivity index (χ2n) is 6.63. The van der Waals surface area contributed by atoms with Crippen molar-refractivity contribution < 1.29 is 9.53 Å². The van der Waals surface area contributed by atoms with Crippen molar-refractivity contribution in [3.63, 3.8) is 0 Å². The number of nitrogens with one attached hydrogen (secondary N) is 1. The van der Waals surface area contributed by atoms with Gasteiger partial charge < -0.3 is 24.8 Å². The first kappa shape index (κ1) is 18.0. The summed E-state index contributed by atoms with van der Waals surface area (Å²) in [5, 5.41) is 3.35. The minimum atomic E-state index is 0.211. The summed E-state index contributed by atoms with van der Waals surface area (Å²) in [5.74, 6) is 0.955. The number of aromatic nitrogens is 2. The maximum absolute atomic E-state index is 12.3. The number of morpholine rings is 1. The van der Waals surface area contributed by atoms with Crippen molar-refractivity contribution in [1.82, 2.24) is 25.1 Å². The summed E-state index contributed by atoms with van der Waals surface area (Å²) >= 11 is 0. The van der Waals surface area contributed by atoms with Crippen LogP contribution in [0.4, 0.5) is 5.95 Å². The number of hydrogen-bond acceptors (Lipinski definition) is 7. The third-order valence-corrected chi connectivity index (χ3v) is 4.70. The zero-order chi connectivity index (χ0) is 17.5. The quantitative estimate of drug-likeness (QED) is 0.691. The van der Waals surface area contributed by atoms with Crippen LogP contribution >= 0.6 is 0 Å². The van der Waals surface area contributed by atoms with Crippen LogP contribution < -0.4 is 10.2 Å². The van der Waals surface area contributed by atoms with E-state index in [4.69, 9.17) is 4.74 Å². The average molecular weight is 348 g/mol. The summed E-state index contributed by atoms with van der Waals surface area (Å²) in [7, 11) is 2.11. The Morgan fingerprint density at radius 3 is 2.72 bits per heavy atom. The largest absolute Gasteiger partial charge is 0.374 e. The van der Waals surface area contributed by atoms with Crippen molar-refractivity contribution in [3.05, 3.63) is 18.5 Å². The Hall–Kier alpha value is -1.77. The average Bonchev–Trinajstić information content (AvgIpc) is 2.66. The molecule has 1 aromatic rings. The second kappa shape index (κ2) is 9.07. The number of anilines is 1. The number of hydrogen-bond donors (Lipinski definition) is 1. The van der Waals surface area contributed by atoms with Crippen LogP contribution in [0.5, 0.6) is 0 Å².